The van der Waals surface area contributed by atoms with Crippen molar-refractivity contribution in [3.8, 4) is 0 Å². The van der Waals surface area contributed by atoms with Crippen LogP contribution in [0.1, 0.15) is 17.5 Å². The Labute approximate surface area is 187 Å². The van der Waals surface area contributed by atoms with E-state index in [1.54, 1.807) is 0 Å². The molecule has 0 amide bonds. The Hall–Kier alpha value is -2.87. The molecule has 0 unspecified atom stereocenters. The molecule has 0 saturated heterocycles. The lowest BCUT2D eigenvalue weighted by molar-refractivity contribution is 0.0252. The second-order valence-corrected chi connectivity index (χ2v) is 7.58. The molecule has 0 aliphatic rings. The number of nitrogens with one attached hydrogen (secondary N) is 1. The fourth-order valence-corrected chi connectivity index (χ4v) is 3.21. The molecule has 0 aliphatic carbocycles. The van der Waals surface area contributed by atoms with Crippen LogP contribution in [0.4, 0.5) is 17.5 Å². The van der Waals surface area contributed by atoms with Crippen molar-refractivity contribution in [1.82, 2.24) is 9.97 Å². The van der Waals surface area contributed by atoms with Crippen LogP contribution in [-0.2, 0) is 22.7 Å². The summed E-state index contributed by atoms with van der Waals surface area (Å²) < 4.78 is 11.9. The largest absolute Gasteiger partial charge is 0.393 e. The molecule has 0 bridgehead atoms. The molecule has 2 aromatic carbocycles. The Morgan fingerprint density at radius 3 is 1.94 bits per heavy atom. The Morgan fingerprint density at radius 2 is 1.39 bits per heavy atom. The normalized spacial score (nSPS) is 11.0. The van der Waals surface area contributed by atoms with Crippen LogP contribution in [0.15, 0.2) is 60.7 Å². The topological polar surface area (TPSA) is 108 Å². The smallest absolute Gasteiger partial charge is 0.223 e. The quantitative estimate of drug-likeness (QED) is 0.362. The van der Waals surface area contributed by atoms with E-state index in [2.05, 4.69) is 39.6 Å². The number of benzene rings is 2. The average Bonchev–Trinajstić information content (AvgIpc) is 2.78. The molecule has 3 rings (SSSR count). The van der Waals surface area contributed by atoms with Crippen molar-refractivity contribution < 1.29 is 9.47 Å². The second-order valence-electron chi connectivity index (χ2n) is 7.22. The Balaban J connectivity index is 1.51. The summed E-state index contributed by atoms with van der Waals surface area (Å²) in [5.74, 6) is 0.707. The lowest BCUT2D eigenvalue weighted by Crippen LogP contribution is -2.20. The number of nitrogens with zero attached hydrogens (tertiary/aromatic N) is 2. The van der Waals surface area contributed by atoms with Crippen LogP contribution in [0.5, 0.6) is 0 Å². The molecule has 5 N–H and O–H groups in total. The van der Waals surface area contributed by atoms with Gasteiger partial charge in [0.1, 0.15) is 5.69 Å². The molecule has 1 aromatic heterocycles. The van der Waals surface area contributed by atoms with Gasteiger partial charge in [-0.05, 0) is 17.5 Å². The minimum atomic E-state index is 0.0793. The van der Waals surface area contributed by atoms with Gasteiger partial charge in [-0.25, -0.2) is 0 Å². The van der Waals surface area contributed by atoms with E-state index in [1.807, 2.05) is 36.4 Å². The molecule has 0 spiro atoms. The van der Waals surface area contributed by atoms with Gasteiger partial charge >= 0.3 is 0 Å². The fraction of sp³-hybridized carbons (Fsp3) is 0.304. The third kappa shape index (κ3) is 7.71. The minimum Gasteiger partial charge on any atom is -0.393 e. The average molecular weight is 442 g/mol. The molecule has 1 heterocycles. The van der Waals surface area contributed by atoms with E-state index in [9.17, 15) is 0 Å². The number of halogens is 1. The van der Waals surface area contributed by atoms with Gasteiger partial charge in [0.2, 0.25) is 5.95 Å². The highest BCUT2D eigenvalue weighted by Gasteiger charge is 2.13. The maximum absolute atomic E-state index is 5.98. The first-order valence-corrected chi connectivity index (χ1v) is 10.6. The summed E-state index contributed by atoms with van der Waals surface area (Å²) in [7, 11) is 0. The number of hydrogen-bond donors (Lipinski definition) is 3. The SMILES string of the molecule is Nc1nc(Cl)c(N)c(NCCC(COCc2ccccc2)COCc2ccccc2)n1. The molecule has 3 aromatic rings. The second kappa shape index (κ2) is 12.1. The summed E-state index contributed by atoms with van der Waals surface area (Å²) in [6.07, 6.45) is 0.796. The van der Waals surface area contributed by atoms with E-state index in [0.717, 1.165) is 17.5 Å². The van der Waals surface area contributed by atoms with Crippen molar-refractivity contribution in [2.75, 3.05) is 36.5 Å². The van der Waals surface area contributed by atoms with Gasteiger partial charge in [0.25, 0.3) is 0 Å². The lowest BCUT2D eigenvalue weighted by Gasteiger charge is -2.18. The molecule has 31 heavy (non-hydrogen) atoms. The lowest BCUT2D eigenvalue weighted by atomic mass is 10.1. The van der Waals surface area contributed by atoms with E-state index in [0.29, 0.717) is 38.8 Å². The maximum atomic E-state index is 5.98. The van der Waals surface area contributed by atoms with Gasteiger partial charge in [-0.2, -0.15) is 9.97 Å². The number of anilines is 3. The van der Waals surface area contributed by atoms with Gasteiger partial charge in [0.05, 0.1) is 26.4 Å². The number of hydrogen-bond acceptors (Lipinski definition) is 7. The molecule has 0 fully saturated rings. The minimum absolute atomic E-state index is 0.0793. The summed E-state index contributed by atoms with van der Waals surface area (Å²) in [5.41, 5.74) is 14.2. The maximum Gasteiger partial charge on any atom is 0.223 e. The Bertz CT molecular complexity index is 883. The van der Waals surface area contributed by atoms with Crippen LogP contribution in [0, 0.1) is 5.92 Å². The van der Waals surface area contributed by atoms with Crippen LogP contribution >= 0.6 is 11.6 Å². The summed E-state index contributed by atoms with van der Waals surface area (Å²) in [5, 5.41) is 3.33. The number of aromatic nitrogens is 2. The first kappa shape index (κ1) is 22.8. The van der Waals surface area contributed by atoms with Crippen molar-refractivity contribution >= 4 is 29.1 Å². The van der Waals surface area contributed by atoms with Crippen LogP contribution in [-0.4, -0.2) is 29.7 Å². The van der Waals surface area contributed by atoms with Gasteiger partial charge in [-0.15, -0.1) is 0 Å². The van der Waals surface area contributed by atoms with E-state index in [4.69, 9.17) is 32.5 Å². The van der Waals surface area contributed by atoms with Crippen LogP contribution in [0.25, 0.3) is 0 Å². The van der Waals surface area contributed by atoms with Crippen LogP contribution in [0.3, 0.4) is 0 Å². The molecule has 0 atom stereocenters. The van der Waals surface area contributed by atoms with Gasteiger partial charge in [-0.3, -0.25) is 0 Å². The zero-order valence-corrected chi connectivity index (χ0v) is 18.1. The predicted molar refractivity (Wildman–Crippen MR) is 125 cm³/mol. The third-order valence-corrected chi connectivity index (χ3v) is 4.98. The van der Waals surface area contributed by atoms with E-state index >= 15 is 0 Å². The van der Waals surface area contributed by atoms with E-state index < -0.39 is 0 Å². The predicted octanol–water partition coefficient (Wildman–Crippen LogP) is 4.15. The summed E-state index contributed by atoms with van der Waals surface area (Å²) in [6, 6.07) is 20.2. The van der Waals surface area contributed by atoms with Gasteiger partial charge in [0.15, 0.2) is 11.0 Å². The van der Waals surface area contributed by atoms with Crippen molar-refractivity contribution in [1.29, 1.82) is 0 Å². The zero-order chi connectivity index (χ0) is 21.9. The van der Waals surface area contributed by atoms with Crippen LogP contribution in [0.2, 0.25) is 5.15 Å². The van der Waals surface area contributed by atoms with E-state index in [1.165, 1.54) is 0 Å². The molecule has 164 valence electrons. The standard InChI is InChI=1S/C23H28ClN5O2/c24-21-20(25)22(29-23(26)28-21)27-12-11-19(15-30-13-17-7-3-1-4-8-17)16-31-14-18-9-5-2-6-10-18/h1-10,19H,11-16,25H2,(H3,26,27,28,29). The molecule has 0 saturated carbocycles. The molecular weight excluding hydrogens is 414 g/mol. The highest BCUT2D eigenvalue weighted by molar-refractivity contribution is 6.32. The highest BCUT2D eigenvalue weighted by Crippen LogP contribution is 2.24. The fourth-order valence-electron chi connectivity index (χ4n) is 3.04. The molecule has 0 radical (unpaired) electrons. The van der Waals surface area contributed by atoms with Crippen molar-refractivity contribution in [2.45, 2.75) is 19.6 Å². The highest BCUT2D eigenvalue weighted by atomic mass is 35.5. The number of ether oxygens (including phenoxy) is 2. The number of rotatable bonds is 12. The summed E-state index contributed by atoms with van der Waals surface area (Å²) in [6.45, 7) is 2.90. The summed E-state index contributed by atoms with van der Waals surface area (Å²) >= 11 is 5.98. The zero-order valence-electron chi connectivity index (χ0n) is 17.3. The van der Waals surface area contributed by atoms with Crippen molar-refractivity contribution in [3.05, 3.63) is 76.9 Å². The monoisotopic (exact) mass is 441 g/mol. The van der Waals surface area contributed by atoms with Gasteiger partial charge in [0, 0.05) is 12.5 Å². The number of nitrogens with two attached hydrogens (primary N) is 2. The van der Waals surface area contributed by atoms with E-state index in [-0.39, 0.29) is 22.7 Å². The summed E-state index contributed by atoms with van der Waals surface area (Å²) in [4.78, 5) is 7.96. The van der Waals surface area contributed by atoms with Crippen molar-refractivity contribution in [3.63, 3.8) is 0 Å². The van der Waals surface area contributed by atoms with Gasteiger partial charge in [-0.1, -0.05) is 72.3 Å². The number of nitrogen functional groups attached to an aromatic ring is 2. The Kier molecular flexibility index (Phi) is 8.90. The molecule has 8 heteroatoms. The molecular formula is C23H28ClN5O2. The van der Waals surface area contributed by atoms with Crippen LogP contribution < -0.4 is 16.8 Å². The van der Waals surface area contributed by atoms with Gasteiger partial charge < -0.3 is 26.3 Å². The third-order valence-electron chi connectivity index (χ3n) is 4.69. The first-order chi connectivity index (χ1) is 15.1. The Morgan fingerprint density at radius 1 is 0.839 bits per heavy atom. The first-order valence-electron chi connectivity index (χ1n) is 10.2. The van der Waals surface area contributed by atoms with Crippen molar-refractivity contribution in [2.24, 2.45) is 5.92 Å². The molecule has 0 aliphatic heterocycles. The molecule has 7 nitrogen and oxygen atoms in total.